The minimum absolute atomic E-state index is 0.0403. The second-order valence-electron chi connectivity index (χ2n) is 2.45. The van der Waals surface area contributed by atoms with Crippen molar-refractivity contribution in [2.75, 3.05) is 5.73 Å². The summed E-state index contributed by atoms with van der Waals surface area (Å²) in [5.74, 6) is -1.09. The Balaban J connectivity index is 2.97. The molecule has 0 amide bonds. The smallest absolute Gasteiger partial charge is 0.382 e. The molecule has 0 bridgehead atoms. The molecule has 0 aromatic heterocycles. The van der Waals surface area contributed by atoms with Gasteiger partial charge in [0, 0.05) is 5.69 Å². The van der Waals surface area contributed by atoms with Crippen molar-refractivity contribution < 1.29 is 17.4 Å². The molecule has 1 aromatic carbocycles. The van der Waals surface area contributed by atoms with Gasteiger partial charge in [0.25, 0.3) is 0 Å². The van der Waals surface area contributed by atoms with Gasteiger partial charge in [-0.2, -0.15) is 13.6 Å². The Kier molecular flexibility index (Phi) is 2.73. The Morgan fingerprint density at radius 2 is 1.86 bits per heavy atom. The number of hydrogen-bond donors (Lipinski definition) is 2. The van der Waals surface area contributed by atoms with Crippen LogP contribution >= 0.6 is 0 Å². The van der Waals surface area contributed by atoms with Crippen LogP contribution in [0.15, 0.2) is 24.3 Å². The van der Waals surface area contributed by atoms with E-state index in [2.05, 4.69) is 9.32 Å². The fourth-order valence-corrected chi connectivity index (χ4v) is 1.13. The topological polar surface area (TPSA) is 112 Å². The number of para-hydroxylation sites is 1. The van der Waals surface area contributed by atoms with E-state index in [0.717, 1.165) is 0 Å². The average Bonchev–Trinajstić information content (AvgIpc) is 2.01. The van der Waals surface area contributed by atoms with Gasteiger partial charge in [-0.15, -0.1) is 0 Å². The van der Waals surface area contributed by atoms with E-state index in [1.807, 2.05) is 0 Å². The quantitative estimate of drug-likeness (QED) is 0.655. The molecule has 0 saturated carbocycles. The van der Waals surface area contributed by atoms with E-state index in [4.69, 9.17) is 5.73 Å². The lowest BCUT2D eigenvalue weighted by atomic mass is 10.2. The summed E-state index contributed by atoms with van der Waals surface area (Å²) in [6.07, 6.45) is 0. The molecule has 7 heteroatoms. The summed E-state index contributed by atoms with van der Waals surface area (Å²) in [5, 5.41) is 4.51. The monoisotopic (exact) mass is 216 g/mol. The zero-order chi connectivity index (χ0) is 10.8. The predicted octanol–water partition coefficient (Wildman–Crippen LogP) is -0.371. The number of carbonyl (C=O) groups excluding carboxylic acids is 1. The third-order valence-corrected chi connectivity index (χ3v) is 1.76. The van der Waals surface area contributed by atoms with Gasteiger partial charge >= 0.3 is 16.3 Å². The van der Waals surface area contributed by atoms with Crippen LogP contribution in [0.5, 0.6) is 0 Å². The molecule has 0 atom stereocenters. The molecule has 6 nitrogen and oxygen atoms in total. The summed E-state index contributed by atoms with van der Waals surface area (Å²) in [6.45, 7) is 0. The summed E-state index contributed by atoms with van der Waals surface area (Å²) in [6, 6.07) is 5.90. The van der Waals surface area contributed by atoms with Crippen LogP contribution < -0.4 is 10.9 Å². The maximum atomic E-state index is 11.1. The fourth-order valence-electron chi connectivity index (χ4n) is 0.833. The van der Waals surface area contributed by atoms with Crippen molar-refractivity contribution in [3.63, 3.8) is 0 Å². The van der Waals surface area contributed by atoms with Gasteiger partial charge in [-0.25, -0.2) is 4.79 Å². The Morgan fingerprint density at radius 3 is 2.36 bits per heavy atom. The Hall–Kier alpha value is -1.60. The van der Waals surface area contributed by atoms with E-state index in [-0.39, 0.29) is 11.3 Å². The van der Waals surface area contributed by atoms with Crippen LogP contribution in [0.4, 0.5) is 5.69 Å². The van der Waals surface area contributed by atoms with E-state index in [0.29, 0.717) is 0 Å². The standard InChI is InChI=1S/C7H8N2O4S/c8-6-4-2-1-3-5(6)7(10)13-14(9,11)12/h1-4H,8H2,(H2,9,11,12). The summed E-state index contributed by atoms with van der Waals surface area (Å²) in [7, 11) is -4.29. The Bertz CT molecular complexity index is 455. The van der Waals surface area contributed by atoms with E-state index in [9.17, 15) is 13.2 Å². The lowest BCUT2D eigenvalue weighted by Crippen LogP contribution is -2.21. The van der Waals surface area contributed by atoms with Gasteiger partial charge < -0.3 is 9.92 Å². The lowest BCUT2D eigenvalue weighted by molar-refractivity contribution is 0.0748. The zero-order valence-electron chi connectivity index (χ0n) is 7.01. The molecule has 0 aliphatic heterocycles. The van der Waals surface area contributed by atoms with Crippen LogP contribution in [-0.2, 0) is 14.5 Å². The van der Waals surface area contributed by atoms with Gasteiger partial charge in [0.2, 0.25) is 0 Å². The highest BCUT2D eigenvalue weighted by Gasteiger charge is 2.15. The minimum atomic E-state index is -4.29. The van der Waals surface area contributed by atoms with Crippen molar-refractivity contribution in [1.82, 2.24) is 0 Å². The van der Waals surface area contributed by atoms with Crippen molar-refractivity contribution >= 4 is 22.0 Å². The zero-order valence-corrected chi connectivity index (χ0v) is 7.82. The molecule has 4 N–H and O–H groups in total. The third-order valence-electron chi connectivity index (χ3n) is 1.37. The molecular weight excluding hydrogens is 208 g/mol. The highest BCUT2D eigenvalue weighted by atomic mass is 32.2. The molecule has 1 rings (SSSR count). The number of hydrogen-bond acceptors (Lipinski definition) is 5. The van der Waals surface area contributed by atoms with Gasteiger partial charge in [-0.3, -0.25) is 0 Å². The molecule has 14 heavy (non-hydrogen) atoms. The van der Waals surface area contributed by atoms with Crippen molar-refractivity contribution in [3.8, 4) is 0 Å². The first-order valence-corrected chi connectivity index (χ1v) is 4.98. The van der Waals surface area contributed by atoms with Gasteiger partial charge in [0.05, 0.1) is 5.56 Å². The number of nitrogens with two attached hydrogens (primary N) is 2. The first-order valence-electron chi connectivity index (χ1n) is 3.51. The molecule has 0 spiro atoms. The lowest BCUT2D eigenvalue weighted by Gasteiger charge is -2.03. The molecule has 0 heterocycles. The van der Waals surface area contributed by atoms with Crippen molar-refractivity contribution in [2.24, 2.45) is 5.14 Å². The Morgan fingerprint density at radius 1 is 1.29 bits per heavy atom. The van der Waals surface area contributed by atoms with E-state index < -0.39 is 16.3 Å². The highest BCUT2D eigenvalue weighted by Crippen LogP contribution is 2.12. The normalized spacial score (nSPS) is 10.9. The first kappa shape index (κ1) is 10.5. The fraction of sp³-hybridized carbons (Fsp3) is 0. The molecule has 0 saturated heterocycles. The molecule has 0 radical (unpaired) electrons. The van der Waals surface area contributed by atoms with E-state index in [1.54, 1.807) is 6.07 Å². The molecule has 0 aliphatic rings. The molecule has 0 unspecified atom stereocenters. The molecule has 0 fully saturated rings. The number of anilines is 1. The summed E-state index contributed by atoms with van der Waals surface area (Å²) in [4.78, 5) is 11.1. The van der Waals surface area contributed by atoms with Crippen LogP contribution in [0, 0.1) is 0 Å². The third kappa shape index (κ3) is 2.71. The number of nitrogen functional groups attached to an aromatic ring is 1. The van der Waals surface area contributed by atoms with Crippen LogP contribution in [0.2, 0.25) is 0 Å². The van der Waals surface area contributed by atoms with Crippen molar-refractivity contribution in [1.29, 1.82) is 0 Å². The number of rotatable bonds is 2. The minimum Gasteiger partial charge on any atom is -0.398 e. The highest BCUT2D eigenvalue weighted by molar-refractivity contribution is 7.84. The van der Waals surface area contributed by atoms with Crippen molar-refractivity contribution in [2.45, 2.75) is 0 Å². The van der Waals surface area contributed by atoms with Crippen LogP contribution in [0.3, 0.4) is 0 Å². The Labute approximate surface area is 80.7 Å². The molecule has 1 aromatic rings. The second-order valence-corrected chi connectivity index (χ2v) is 3.60. The molecule has 76 valence electrons. The molecular formula is C7H8N2O4S. The van der Waals surface area contributed by atoms with Gasteiger partial charge in [0.1, 0.15) is 0 Å². The van der Waals surface area contributed by atoms with E-state index >= 15 is 0 Å². The average molecular weight is 216 g/mol. The van der Waals surface area contributed by atoms with Crippen LogP contribution in [0.1, 0.15) is 10.4 Å². The van der Waals surface area contributed by atoms with Gasteiger partial charge in [-0.05, 0) is 12.1 Å². The van der Waals surface area contributed by atoms with Gasteiger partial charge in [0.15, 0.2) is 0 Å². The predicted molar refractivity (Wildman–Crippen MR) is 49.4 cm³/mol. The molecule has 0 aliphatic carbocycles. The number of benzene rings is 1. The van der Waals surface area contributed by atoms with Crippen LogP contribution in [-0.4, -0.2) is 14.4 Å². The van der Waals surface area contributed by atoms with Crippen molar-refractivity contribution in [3.05, 3.63) is 29.8 Å². The maximum absolute atomic E-state index is 11.1. The SMILES string of the molecule is Nc1ccccc1C(=O)OS(N)(=O)=O. The maximum Gasteiger partial charge on any atom is 0.382 e. The second kappa shape index (κ2) is 3.64. The first-order chi connectivity index (χ1) is 6.40. The summed E-state index contributed by atoms with van der Waals surface area (Å²) < 4.78 is 24.8. The van der Waals surface area contributed by atoms with E-state index in [1.165, 1.54) is 18.2 Å². The summed E-state index contributed by atoms with van der Waals surface area (Å²) >= 11 is 0. The van der Waals surface area contributed by atoms with Crippen LogP contribution in [0.25, 0.3) is 0 Å². The number of carbonyl (C=O) groups is 1. The summed E-state index contributed by atoms with van der Waals surface area (Å²) in [5.41, 5.74) is 5.49. The largest absolute Gasteiger partial charge is 0.398 e. The van der Waals surface area contributed by atoms with Gasteiger partial charge in [-0.1, -0.05) is 12.1 Å².